The van der Waals surface area contributed by atoms with Gasteiger partial charge in [0.2, 0.25) is 5.16 Å². The van der Waals surface area contributed by atoms with Gasteiger partial charge in [-0.2, -0.15) is 0 Å². The maximum Gasteiger partial charge on any atom is 0.209 e. The van der Waals surface area contributed by atoms with Crippen LogP contribution >= 0.6 is 23.1 Å². The monoisotopic (exact) mass is 373 g/mol. The summed E-state index contributed by atoms with van der Waals surface area (Å²) in [5.41, 5.74) is 2.36. The van der Waals surface area contributed by atoms with Crippen LogP contribution in [0.25, 0.3) is 0 Å². The first-order valence-electron chi connectivity index (χ1n) is 8.34. The van der Waals surface area contributed by atoms with Crippen molar-refractivity contribution >= 4 is 23.1 Å². The summed E-state index contributed by atoms with van der Waals surface area (Å²) in [4.78, 5) is 4.73. The predicted octanol–water partition coefficient (Wildman–Crippen LogP) is 3.19. The highest BCUT2D eigenvalue weighted by molar-refractivity contribution is 7.98. The van der Waals surface area contributed by atoms with Crippen LogP contribution in [0.1, 0.15) is 29.1 Å². The van der Waals surface area contributed by atoms with E-state index in [-0.39, 0.29) is 6.10 Å². The third kappa shape index (κ3) is 4.45. The maximum absolute atomic E-state index is 5.67. The average molecular weight is 374 g/mol. The lowest BCUT2D eigenvalue weighted by Crippen LogP contribution is -2.16. The van der Waals surface area contributed by atoms with Crippen LogP contribution in [0.15, 0.2) is 40.9 Å². The maximum atomic E-state index is 5.67. The summed E-state index contributed by atoms with van der Waals surface area (Å²) in [5, 5.41) is 16.1. The van der Waals surface area contributed by atoms with Crippen molar-refractivity contribution < 1.29 is 4.74 Å². The molecule has 1 atom stereocenters. The molecule has 1 aliphatic rings. The molecular formula is C17H19N5OS2. The summed E-state index contributed by atoms with van der Waals surface area (Å²) in [6.45, 7) is 1.57. The van der Waals surface area contributed by atoms with Crippen LogP contribution < -0.4 is 0 Å². The predicted molar refractivity (Wildman–Crippen MR) is 97.7 cm³/mol. The van der Waals surface area contributed by atoms with Gasteiger partial charge in [0.25, 0.3) is 0 Å². The number of nitrogens with zero attached hydrogens (tertiary/aromatic N) is 5. The Morgan fingerprint density at radius 2 is 2.20 bits per heavy atom. The molecule has 0 N–H and O–H groups in total. The SMILES string of the molecule is c1ccc(Cc2nc(CSc3nnnn3CC3CCCO3)cs2)cc1. The van der Waals surface area contributed by atoms with Crippen molar-refractivity contribution in [3.63, 3.8) is 0 Å². The number of hydrogen-bond donors (Lipinski definition) is 0. The smallest absolute Gasteiger partial charge is 0.209 e. The van der Waals surface area contributed by atoms with Gasteiger partial charge in [0.15, 0.2) is 0 Å². The molecule has 1 saturated heterocycles. The number of benzene rings is 1. The van der Waals surface area contributed by atoms with Crippen molar-refractivity contribution in [2.24, 2.45) is 0 Å². The number of rotatable bonds is 7. The molecule has 3 aromatic rings. The van der Waals surface area contributed by atoms with Gasteiger partial charge in [-0.3, -0.25) is 0 Å². The zero-order valence-corrected chi connectivity index (χ0v) is 15.4. The highest BCUT2D eigenvalue weighted by Crippen LogP contribution is 2.23. The first-order chi connectivity index (χ1) is 12.4. The van der Waals surface area contributed by atoms with E-state index < -0.39 is 0 Å². The van der Waals surface area contributed by atoms with Crippen LogP contribution in [-0.2, 0) is 23.5 Å². The molecule has 0 saturated carbocycles. The standard InChI is InChI=1S/C17H19N5OS2/c1-2-5-13(6-3-1)9-16-18-14(11-24-16)12-25-17-19-20-21-22(17)10-15-7-4-8-23-15/h1-3,5-6,11,15H,4,7-10,12H2. The normalized spacial score (nSPS) is 17.2. The van der Waals surface area contributed by atoms with E-state index in [1.165, 1.54) is 5.56 Å². The minimum Gasteiger partial charge on any atom is -0.376 e. The molecule has 1 unspecified atom stereocenters. The molecule has 1 fully saturated rings. The van der Waals surface area contributed by atoms with Crippen LogP contribution in [0, 0.1) is 0 Å². The van der Waals surface area contributed by atoms with Gasteiger partial charge in [-0.25, -0.2) is 9.67 Å². The first-order valence-corrected chi connectivity index (χ1v) is 10.2. The van der Waals surface area contributed by atoms with Crippen molar-refractivity contribution in [3.8, 4) is 0 Å². The molecule has 25 heavy (non-hydrogen) atoms. The second-order valence-electron chi connectivity index (χ2n) is 5.96. The van der Waals surface area contributed by atoms with Crippen molar-refractivity contribution in [1.29, 1.82) is 0 Å². The topological polar surface area (TPSA) is 65.7 Å². The molecule has 1 aliphatic heterocycles. The first kappa shape index (κ1) is 16.7. The highest BCUT2D eigenvalue weighted by Gasteiger charge is 2.19. The Morgan fingerprint density at radius 3 is 3.04 bits per heavy atom. The van der Waals surface area contributed by atoms with Gasteiger partial charge < -0.3 is 4.74 Å². The Hall–Kier alpha value is -1.77. The van der Waals surface area contributed by atoms with Crippen LogP contribution in [-0.4, -0.2) is 37.9 Å². The van der Waals surface area contributed by atoms with Gasteiger partial charge in [-0.15, -0.1) is 16.4 Å². The zero-order valence-electron chi connectivity index (χ0n) is 13.7. The average Bonchev–Trinajstić information content (AvgIpc) is 3.37. The fourth-order valence-electron chi connectivity index (χ4n) is 2.80. The number of aromatic nitrogens is 5. The Balaban J connectivity index is 1.34. The lowest BCUT2D eigenvalue weighted by molar-refractivity contribution is 0.0912. The minimum absolute atomic E-state index is 0.236. The second kappa shape index (κ2) is 8.07. The van der Waals surface area contributed by atoms with E-state index in [0.717, 1.165) is 54.0 Å². The quantitative estimate of drug-likeness (QED) is 0.593. The van der Waals surface area contributed by atoms with Gasteiger partial charge in [-0.05, 0) is 28.8 Å². The molecule has 3 heterocycles. The molecule has 0 amide bonds. The lowest BCUT2D eigenvalue weighted by Gasteiger charge is -2.09. The summed E-state index contributed by atoms with van der Waals surface area (Å²) < 4.78 is 7.51. The fourth-order valence-corrected chi connectivity index (χ4v) is 4.51. The van der Waals surface area contributed by atoms with E-state index in [1.807, 2.05) is 10.7 Å². The molecule has 0 bridgehead atoms. The van der Waals surface area contributed by atoms with E-state index >= 15 is 0 Å². The van der Waals surface area contributed by atoms with Gasteiger partial charge in [0, 0.05) is 24.2 Å². The summed E-state index contributed by atoms with van der Waals surface area (Å²) >= 11 is 3.33. The van der Waals surface area contributed by atoms with Crippen molar-refractivity contribution in [2.45, 2.75) is 42.8 Å². The number of tetrazole rings is 1. The molecule has 0 aliphatic carbocycles. The second-order valence-corrected chi connectivity index (χ2v) is 7.85. The van der Waals surface area contributed by atoms with Crippen LogP contribution in [0.4, 0.5) is 0 Å². The molecule has 0 spiro atoms. The van der Waals surface area contributed by atoms with Gasteiger partial charge >= 0.3 is 0 Å². The Labute approximate surface area is 154 Å². The van der Waals surface area contributed by atoms with Crippen LogP contribution in [0.2, 0.25) is 0 Å². The van der Waals surface area contributed by atoms with E-state index in [1.54, 1.807) is 23.1 Å². The van der Waals surface area contributed by atoms with Crippen molar-refractivity contribution in [3.05, 3.63) is 52.0 Å². The third-order valence-electron chi connectivity index (χ3n) is 4.05. The molecular weight excluding hydrogens is 354 g/mol. The van der Waals surface area contributed by atoms with Gasteiger partial charge in [-0.1, -0.05) is 42.1 Å². The zero-order chi connectivity index (χ0) is 16.9. The number of hydrogen-bond acceptors (Lipinski definition) is 7. The van der Waals surface area contributed by atoms with E-state index in [4.69, 9.17) is 9.72 Å². The van der Waals surface area contributed by atoms with E-state index in [2.05, 4.69) is 45.2 Å². The number of thioether (sulfide) groups is 1. The lowest BCUT2D eigenvalue weighted by atomic mass is 10.2. The number of ether oxygens (including phenoxy) is 1. The Bertz CT molecular complexity index is 798. The molecule has 6 nitrogen and oxygen atoms in total. The van der Waals surface area contributed by atoms with E-state index in [0.29, 0.717) is 0 Å². The summed E-state index contributed by atoms with van der Waals surface area (Å²) in [6.07, 6.45) is 3.32. The van der Waals surface area contributed by atoms with E-state index in [9.17, 15) is 0 Å². The molecule has 8 heteroatoms. The number of thiazole rings is 1. The van der Waals surface area contributed by atoms with Gasteiger partial charge in [0.1, 0.15) is 0 Å². The molecule has 4 rings (SSSR count). The fraction of sp³-hybridized carbons (Fsp3) is 0.412. The van der Waals surface area contributed by atoms with Gasteiger partial charge in [0.05, 0.1) is 23.4 Å². The molecule has 2 aromatic heterocycles. The van der Waals surface area contributed by atoms with Crippen LogP contribution in [0.5, 0.6) is 0 Å². The Morgan fingerprint density at radius 1 is 1.28 bits per heavy atom. The van der Waals surface area contributed by atoms with Crippen molar-refractivity contribution in [1.82, 2.24) is 25.2 Å². The van der Waals surface area contributed by atoms with Crippen molar-refractivity contribution in [2.75, 3.05) is 6.61 Å². The minimum atomic E-state index is 0.236. The largest absolute Gasteiger partial charge is 0.376 e. The summed E-state index contributed by atoms with van der Waals surface area (Å²) in [7, 11) is 0. The Kier molecular flexibility index (Phi) is 5.39. The van der Waals surface area contributed by atoms with Crippen LogP contribution in [0.3, 0.4) is 0 Å². The molecule has 0 radical (unpaired) electrons. The summed E-state index contributed by atoms with van der Waals surface area (Å²) in [5.74, 6) is 0.775. The third-order valence-corrected chi connectivity index (χ3v) is 5.93. The molecule has 1 aromatic carbocycles. The summed E-state index contributed by atoms with van der Waals surface area (Å²) in [6, 6.07) is 10.4. The highest BCUT2D eigenvalue weighted by atomic mass is 32.2. The molecule has 130 valence electrons.